The molecule has 9 heteroatoms. The number of rotatable bonds is 6. The summed E-state index contributed by atoms with van der Waals surface area (Å²) in [7, 11) is 0. The molecule has 1 aromatic heterocycles. The van der Waals surface area contributed by atoms with Gasteiger partial charge in [-0.25, -0.2) is 4.68 Å². The lowest BCUT2D eigenvalue weighted by Crippen LogP contribution is -2.15. The Morgan fingerprint density at radius 1 is 1.43 bits per heavy atom. The lowest BCUT2D eigenvalue weighted by atomic mass is 10.2. The third-order valence-electron chi connectivity index (χ3n) is 3.47. The Balaban J connectivity index is 1.54. The maximum absolute atomic E-state index is 12.1. The number of nitrogens with zero attached hydrogens (tertiary/aromatic N) is 4. The van der Waals surface area contributed by atoms with Crippen molar-refractivity contribution >= 4 is 46.6 Å². The summed E-state index contributed by atoms with van der Waals surface area (Å²) >= 11 is 13.7. The molecule has 2 aromatic rings. The molecule has 1 aromatic carbocycles. The third kappa shape index (κ3) is 3.97. The van der Waals surface area contributed by atoms with Gasteiger partial charge in [0.15, 0.2) is 5.82 Å². The van der Waals surface area contributed by atoms with Gasteiger partial charge in [0.05, 0.1) is 33.3 Å². The van der Waals surface area contributed by atoms with Crippen LogP contribution < -0.4 is 5.32 Å². The molecule has 0 unspecified atom stereocenters. The van der Waals surface area contributed by atoms with Crippen LogP contribution in [0.1, 0.15) is 30.3 Å². The predicted molar refractivity (Wildman–Crippen MR) is 92.1 cm³/mol. The van der Waals surface area contributed by atoms with Crippen molar-refractivity contribution < 1.29 is 4.79 Å². The summed E-state index contributed by atoms with van der Waals surface area (Å²) < 4.78 is 1.85. The number of nitrogens with one attached hydrogen (secondary N) is 1. The number of carbonyl (C=O) groups excluding carboxylic acids is 1. The minimum atomic E-state index is -0.158. The van der Waals surface area contributed by atoms with Gasteiger partial charge >= 0.3 is 0 Å². The highest BCUT2D eigenvalue weighted by molar-refractivity contribution is 7.99. The van der Waals surface area contributed by atoms with E-state index in [4.69, 9.17) is 23.2 Å². The summed E-state index contributed by atoms with van der Waals surface area (Å²) in [6.07, 6.45) is 2.24. The Hall–Kier alpha value is -1.31. The number of halogens is 2. The Morgan fingerprint density at radius 2 is 2.22 bits per heavy atom. The highest BCUT2D eigenvalue weighted by Gasteiger charge is 2.27. The maximum Gasteiger partial charge on any atom is 0.234 e. The van der Waals surface area contributed by atoms with Gasteiger partial charge in [-0.3, -0.25) is 4.79 Å². The molecule has 0 bridgehead atoms. The number of amides is 1. The molecule has 0 saturated heterocycles. The Bertz CT molecular complexity index is 732. The second-order valence-corrected chi connectivity index (χ2v) is 7.14. The average molecular weight is 372 g/mol. The van der Waals surface area contributed by atoms with E-state index < -0.39 is 0 Å². The van der Waals surface area contributed by atoms with E-state index in [0.717, 1.165) is 24.2 Å². The smallest absolute Gasteiger partial charge is 0.234 e. The van der Waals surface area contributed by atoms with Crippen molar-refractivity contribution in [2.75, 3.05) is 11.1 Å². The van der Waals surface area contributed by atoms with E-state index in [1.807, 2.05) is 17.7 Å². The van der Waals surface area contributed by atoms with E-state index in [2.05, 4.69) is 20.8 Å². The summed E-state index contributed by atoms with van der Waals surface area (Å²) in [5.41, 5.74) is 1.32. The van der Waals surface area contributed by atoms with Gasteiger partial charge in [-0.2, -0.15) is 0 Å². The van der Waals surface area contributed by atoms with Crippen LogP contribution in [0.4, 0.5) is 5.69 Å². The first-order valence-electron chi connectivity index (χ1n) is 7.15. The molecule has 0 atom stereocenters. The molecule has 1 heterocycles. The molecule has 0 spiro atoms. The zero-order valence-corrected chi connectivity index (χ0v) is 14.8. The lowest BCUT2D eigenvalue weighted by Gasteiger charge is -2.11. The van der Waals surface area contributed by atoms with Crippen molar-refractivity contribution in [2.45, 2.75) is 31.6 Å². The van der Waals surface area contributed by atoms with Crippen LogP contribution in [0.2, 0.25) is 10.0 Å². The number of aromatic nitrogens is 4. The second kappa shape index (κ2) is 7.07. The zero-order chi connectivity index (χ0) is 16.4. The number of tetrazole rings is 1. The number of hydrogen-bond donors (Lipinski definition) is 1. The Labute approximate surface area is 147 Å². The number of carbonyl (C=O) groups is 1. The maximum atomic E-state index is 12.1. The van der Waals surface area contributed by atoms with E-state index in [9.17, 15) is 4.79 Å². The molecule has 1 aliphatic rings. The van der Waals surface area contributed by atoms with Crippen molar-refractivity contribution in [3.8, 4) is 0 Å². The normalized spacial score (nSPS) is 14.0. The molecule has 0 aliphatic heterocycles. The van der Waals surface area contributed by atoms with Crippen molar-refractivity contribution in [2.24, 2.45) is 0 Å². The van der Waals surface area contributed by atoms with E-state index >= 15 is 0 Å². The van der Waals surface area contributed by atoms with Gasteiger partial charge in [-0.1, -0.05) is 29.3 Å². The van der Waals surface area contributed by atoms with Gasteiger partial charge in [0.1, 0.15) is 0 Å². The van der Waals surface area contributed by atoms with Crippen molar-refractivity contribution in [1.29, 1.82) is 0 Å². The highest BCUT2D eigenvalue weighted by Crippen LogP contribution is 2.35. The van der Waals surface area contributed by atoms with Crippen LogP contribution in [0.15, 0.2) is 12.1 Å². The standard InChI is InChI=1S/C14H15Cl2N5OS/c1-8-2-5-10(15)14(13(8)16)17-12(22)7-23-6-11-18-19-20-21(11)9-3-4-9/h2,5,9H,3-4,6-7H2,1H3,(H,17,22). The van der Waals surface area contributed by atoms with Crippen molar-refractivity contribution in [3.05, 3.63) is 33.6 Å². The van der Waals surface area contributed by atoms with E-state index in [1.165, 1.54) is 11.8 Å². The van der Waals surface area contributed by atoms with Crippen LogP contribution >= 0.6 is 35.0 Å². The fraction of sp³-hybridized carbons (Fsp3) is 0.429. The van der Waals surface area contributed by atoms with Gasteiger partial charge < -0.3 is 5.32 Å². The SMILES string of the molecule is Cc1ccc(Cl)c(NC(=O)CSCc2nnnn2C2CC2)c1Cl. The molecule has 1 amide bonds. The van der Waals surface area contributed by atoms with Crippen LogP contribution in [-0.4, -0.2) is 31.9 Å². The van der Waals surface area contributed by atoms with E-state index in [1.54, 1.807) is 6.07 Å². The average Bonchev–Trinajstić information content (AvgIpc) is 3.27. The molecular formula is C14H15Cl2N5OS. The quantitative estimate of drug-likeness (QED) is 0.840. The van der Waals surface area contributed by atoms with Crippen LogP contribution in [-0.2, 0) is 10.5 Å². The molecule has 1 fully saturated rings. The monoisotopic (exact) mass is 371 g/mol. The summed E-state index contributed by atoms with van der Waals surface area (Å²) in [6, 6.07) is 3.96. The zero-order valence-electron chi connectivity index (χ0n) is 12.4. The van der Waals surface area contributed by atoms with E-state index in [-0.39, 0.29) is 11.7 Å². The number of aryl methyl sites for hydroxylation is 1. The largest absolute Gasteiger partial charge is 0.323 e. The fourth-order valence-electron chi connectivity index (χ4n) is 2.09. The molecule has 23 heavy (non-hydrogen) atoms. The summed E-state index contributed by atoms with van der Waals surface area (Å²) in [5.74, 6) is 1.51. The number of thioether (sulfide) groups is 1. The van der Waals surface area contributed by atoms with Gasteiger partial charge in [0.25, 0.3) is 0 Å². The van der Waals surface area contributed by atoms with E-state index in [0.29, 0.717) is 27.5 Å². The van der Waals surface area contributed by atoms with Crippen LogP contribution in [0.25, 0.3) is 0 Å². The number of hydrogen-bond acceptors (Lipinski definition) is 5. The predicted octanol–water partition coefficient (Wildman–Crippen LogP) is 3.50. The minimum Gasteiger partial charge on any atom is -0.323 e. The van der Waals surface area contributed by atoms with Gasteiger partial charge in [0.2, 0.25) is 5.91 Å². The fourth-order valence-corrected chi connectivity index (χ4v) is 3.29. The number of anilines is 1. The lowest BCUT2D eigenvalue weighted by molar-refractivity contribution is -0.113. The molecule has 122 valence electrons. The molecule has 6 nitrogen and oxygen atoms in total. The van der Waals surface area contributed by atoms with Gasteiger partial charge in [-0.15, -0.1) is 16.9 Å². The van der Waals surface area contributed by atoms with Crippen molar-refractivity contribution in [3.63, 3.8) is 0 Å². The minimum absolute atomic E-state index is 0.158. The Kier molecular flexibility index (Phi) is 5.08. The second-order valence-electron chi connectivity index (χ2n) is 5.37. The first-order chi connectivity index (χ1) is 11.1. The molecular weight excluding hydrogens is 357 g/mol. The molecule has 1 aliphatic carbocycles. The summed E-state index contributed by atoms with van der Waals surface area (Å²) in [4.78, 5) is 12.1. The third-order valence-corrected chi connectivity index (χ3v) is 5.20. The van der Waals surface area contributed by atoms with Crippen LogP contribution in [0.3, 0.4) is 0 Å². The Morgan fingerprint density at radius 3 is 2.96 bits per heavy atom. The molecule has 1 saturated carbocycles. The summed E-state index contributed by atoms with van der Waals surface area (Å²) in [6.45, 7) is 1.86. The van der Waals surface area contributed by atoms with Gasteiger partial charge in [0, 0.05) is 0 Å². The first kappa shape index (κ1) is 16.5. The molecule has 0 radical (unpaired) electrons. The van der Waals surface area contributed by atoms with Crippen molar-refractivity contribution in [1.82, 2.24) is 20.2 Å². The topological polar surface area (TPSA) is 72.7 Å². The van der Waals surface area contributed by atoms with Crippen LogP contribution in [0.5, 0.6) is 0 Å². The molecule has 3 rings (SSSR count). The highest BCUT2D eigenvalue weighted by atomic mass is 35.5. The number of benzene rings is 1. The van der Waals surface area contributed by atoms with Gasteiger partial charge in [-0.05, 0) is 41.8 Å². The first-order valence-corrected chi connectivity index (χ1v) is 9.06. The molecule has 1 N–H and O–H groups in total. The van der Waals surface area contributed by atoms with Crippen LogP contribution in [0, 0.1) is 6.92 Å². The summed E-state index contributed by atoms with van der Waals surface area (Å²) in [5, 5.41) is 15.3.